The normalized spacial score (nSPS) is 36.2. The molecule has 1 heterocycles. The summed E-state index contributed by atoms with van der Waals surface area (Å²) in [7, 11) is 1.34. The second-order valence-corrected chi connectivity index (χ2v) is 9.83. The van der Waals surface area contributed by atoms with Crippen molar-refractivity contribution in [1.82, 2.24) is 10.6 Å². The number of hydrogen-bond acceptors (Lipinski definition) is 6. The lowest BCUT2D eigenvalue weighted by Gasteiger charge is -2.58. The van der Waals surface area contributed by atoms with Gasteiger partial charge in [-0.3, -0.25) is 15.4 Å². The molecule has 5 fully saturated rings. The van der Waals surface area contributed by atoms with Crippen molar-refractivity contribution in [3.05, 3.63) is 24.3 Å². The molecule has 4 saturated carbocycles. The van der Waals surface area contributed by atoms with Crippen molar-refractivity contribution >= 4 is 23.4 Å². The van der Waals surface area contributed by atoms with Crippen molar-refractivity contribution in [1.29, 1.82) is 0 Å². The van der Waals surface area contributed by atoms with Crippen LogP contribution in [0.5, 0.6) is 0 Å². The molecule has 4 aliphatic carbocycles. The smallest absolute Gasteiger partial charge is 0.411 e. The van der Waals surface area contributed by atoms with Crippen LogP contribution in [0.4, 0.5) is 16.2 Å². The maximum absolute atomic E-state index is 13.4. The molecule has 168 valence electrons. The molecule has 2 unspecified atom stereocenters. The maximum atomic E-state index is 13.4. The average molecular weight is 429 g/mol. The maximum Gasteiger partial charge on any atom is 0.411 e. The highest BCUT2D eigenvalue weighted by atomic mass is 16.5. The minimum absolute atomic E-state index is 0.105. The van der Waals surface area contributed by atoms with Gasteiger partial charge in [-0.25, -0.2) is 4.79 Å². The topological polar surface area (TPSA) is 103 Å². The summed E-state index contributed by atoms with van der Waals surface area (Å²) in [5, 5.41) is 19.9. The van der Waals surface area contributed by atoms with Crippen LogP contribution < -0.4 is 20.9 Å². The molecule has 4 N–H and O–H groups in total. The highest BCUT2D eigenvalue weighted by Gasteiger charge is 2.58. The second kappa shape index (κ2) is 7.98. The van der Waals surface area contributed by atoms with Gasteiger partial charge in [-0.05, 0) is 74.1 Å². The van der Waals surface area contributed by atoms with E-state index in [9.17, 15) is 14.7 Å². The van der Waals surface area contributed by atoms with Gasteiger partial charge in [-0.1, -0.05) is 0 Å². The number of amides is 2. The third-order valence-corrected chi connectivity index (χ3v) is 7.85. The van der Waals surface area contributed by atoms with E-state index in [2.05, 4.69) is 25.6 Å². The number of nitrogens with zero attached hydrogens (tertiary/aromatic N) is 1. The van der Waals surface area contributed by atoms with E-state index in [1.165, 1.54) is 7.11 Å². The molecule has 3 atom stereocenters. The van der Waals surface area contributed by atoms with E-state index in [1.54, 1.807) is 0 Å². The predicted molar refractivity (Wildman–Crippen MR) is 117 cm³/mol. The van der Waals surface area contributed by atoms with Crippen LogP contribution in [0.15, 0.2) is 24.3 Å². The van der Waals surface area contributed by atoms with Crippen LogP contribution in [0.2, 0.25) is 0 Å². The molecule has 1 aromatic carbocycles. The van der Waals surface area contributed by atoms with Gasteiger partial charge in [-0.2, -0.15) is 0 Å². The van der Waals surface area contributed by atoms with Crippen LogP contribution in [-0.4, -0.2) is 56.1 Å². The van der Waals surface area contributed by atoms with E-state index in [4.69, 9.17) is 0 Å². The molecule has 8 heteroatoms. The summed E-state index contributed by atoms with van der Waals surface area (Å²) in [6.45, 7) is 2.32. The number of carbonyl (C=O) groups excluding carboxylic acids is 2. The Morgan fingerprint density at radius 3 is 2.55 bits per heavy atom. The standard InChI is InChI=1S/C23H32N4O4/c1-31-22(30)25-17-2-4-18(5-3-17)27-7-6-24-19(13-27)26-21(29)23-10-14-8-15(11-23)20(28)16(9-14)12-23/h2-5,14-16,19-20,24,28H,6-13H2,1H3,(H,25,30)(H,26,29)/t14?,15?,16?,19-,20?,23?/m0/s1. The zero-order valence-electron chi connectivity index (χ0n) is 18.0. The molecule has 31 heavy (non-hydrogen) atoms. The van der Waals surface area contributed by atoms with Crippen molar-refractivity contribution in [2.45, 2.75) is 44.4 Å². The number of ether oxygens (including phenoxy) is 1. The molecule has 2 amide bonds. The Labute approximate surface area is 182 Å². The van der Waals surface area contributed by atoms with E-state index in [1.807, 2.05) is 24.3 Å². The highest BCUT2D eigenvalue weighted by molar-refractivity contribution is 5.85. The molecule has 8 nitrogen and oxygen atoms in total. The quantitative estimate of drug-likeness (QED) is 0.584. The van der Waals surface area contributed by atoms with Crippen molar-refractivity contribution in [2.75, 3.05) is 37.0 Å². The Balaban J connectivity index is 1.21. The van der Waals surface area contributed by atoms with E-state index in [-0.39, 0.29) is 23.6 Å². The molecule has 1 aliphatic heterocycles. The molecular formula is C23H32N4O4. The summed E-state index contributed by atoms with van der Waals surface area (Å²) < 4.78 is 4.62. The zero-order chi connectivity index (χ0) is 21.6. The molecule has 0 spiro atoms. The fourth-order valence-corrected chi connectivity index (χ4v) is 6.59. The van der Waals surface area contributed by atoms with Gasteiger partial charge in [0.15, 0.2) is 0 Å². The number of nitrogens with one attached hydrogen (secondary N) is 3. The van der Waals surface area contributed by atoms with E-state index in [0.29, 0.717) is 30.0 Å². The lowest BCUT2D eigenvalue weighted by Crippen LogP contribution is -2.64. The van der Waals surface area contributed by atoms with E-state index in [0.717, 1.165) is 50.9 Å². The Morgan fingerprint density at radius 2 is 1.87 bits per heavy atom. The number of piperazine rings is 1. The zero-order valence-corrected chi connectivity index (χ0v) is 18.0. The number of aliphatic hydroxyl groups is 1. The van der Waals surface area contributed by atoms with Crippen molar-refractivity contribution in [3.8, 4) is 0 Å². The van der Waals surface area contributed by atoms with Gasteiger partial charge in [0.1, 0.15) is 0 Å². The lowest BCUT2D eigenvalue weighted by molar-refractivity contribution is -0.163. The predicted octanol–water partition coefficient (Wildman–Crippen LogP) is 1.90. The number of anilines is 2. The number of aliphatic hydroxyl groups excluding tert-OH is 1. The Kier molecular flexibility index (Phi) is 5.30. The fourth-order valence-electron chi connectivity index (χ4n) is 6.59. The summed E-state index contributed by atoms with van der Waals surface area (Å²) in [6, 6.07) is 7.64. The van der Waals surface area contributed by atoms with Crippen molar-refractivity contribution in [3.63, 3.8) is 0 Å². The first kappa shape index (κ1) is 20.6. The summed E-state index contributed by atoms with van der Waals surface area (Å²) in [5.41, 5.74) is 1.44. The highest BCUT2D eigenvalue weighted by Crippen LogP contribution is 2.60. The summed E-state index contributed by atoms with van der Waals surface area (Å²) in [5.74, 6) is 1.35. The summed E-state index contributed by atoms with van der Waals surface area (Å²) >= 11 is 0. The van der Waals surface area contributed by atoms with E-state index >= 15 is 0 Å². The number of rotatable bonds is 4. The van der Waals surface area contributed by atoms with E-state index < -0.39 is 6.09 Å². The molecule has 1 aromatic rings. The van der Waals surface area contributed by atoms with Crippen LogP contribution >= 0.6 is 0 Å². The van der Waals surface area contributed by atoms with Crippen LogP contribution in [-0.2, 0) is 9.53 Å². The molecule has 5 aliphatic rings. The minimum Gasteiger partial charge on any atom is -0.453 e. The SMILES string of the molecule is COC(=O)Nc1ccc(N2CCN[C@@H](NC(=O)C34CC5CC(C3)C(O)C(C5)C4)C2)cc1. The van der Waals surface area contributed by atoms with Gasteiger partial charge in [0.25, 0.3) is 0 Å². The van der Waals surface area contributed by atoms with Gasteiger partial charge in [0, 0.05) is 24.5 Å². The van der Waals surface area contributed by atoms with Crippen LogP contribution in [0.3, 0.4) is 0 Å². The monoisotopic (exact) mass is 428 g/mol. The first-order valence-corrected chi connectivity index (χ1v) is 11.4. The fraction of sp³-hybridized carbons (Fsp3) is 0.652. The number of benzene rings is 1. The summed E-state index contributed by atoms with van der Waals surface area (Å²) in [6.07, 6.45) is 4.01. The van der Waals surface area contributed by atoms with Crippen LogP contribution in [0, 0.1) is 23.2 Å². The number of hydrogen-bond donors (Lipinski definition) is 4. The molecular weight excluding hydrogens is 396 g/mol. The summed E-state index contributed by atoms with van der Waals surface area (Å²) in [4.78, 5) is 27.0. The van der Waals surface area contributed by atoms with Crippen molar-refractivity contribution in [2.24, 2.45) is 23.2 Å². The average Bonchev–Trinajstić information content (AvgIpc) is 2.77. The molecule has 4 bridgehead atoms. The number of methoxy groups -OCH3 is 1. The van der Waals surface area contributed by atoms with Gasteiger partial charge < -0.3 is 20.1 Å². The Bertz CT molecular complexity index is 828. The number of carbonyl (C=O) groups is 2. The van der Waals surface area contributed by atoms with Gasteiger partial charge >= 0.3 is 6.09 Å². The molecule has 0 radical (unpaired) electrons. The third-order valence-electron chi connectivity index (χ3n) is 7.85. The molecule has 1 saturated heterocycles. The van der Waals surface area contributed by atoms with Crippen LogP contribution in [0.25, 0.3) is 0 Å². The Hall–Kier alpha value is -2.32. The molecule has 6 rings (SSSR count). The first-order valence-electron chi connectivity index (χ1n) is 11.4. The second-order valence-electron chi connectivity index (χ2n) is 9.83. The third kappa shape index (κ3) is 3.87. The van der Waals surface area contributed by atoms with Gasteiger partial charge in [0.2, 0.25) is 5.91 Å². The van der Waals surface area contributed by atoms with Gasteiger partial charge in [-0.15, -0.1) is 0 Å². The lowest BCUT2D eigenvalue weighted by atomic mass is 9.48. The largest absolute Gasteiger partial charge is 0.453 e. The minimum atomic E-state index is -0.491. The Morgan fingerprint density at radius 1 is 1.16 bits per heavy atom. The van der Waals surface area contributed by atoms with Crippen LogP contribution in [0.1, 0.15) is 32.1 Å². The first-order chi connectivity index (χ1) is 15.0. The van der Waals surface area contributed by atoms with Gasteiger partial charge in [0.05, 0.1) is 31.3 Å². The van der Waals surface area contributed by atoms with Crippen molar-refractivity contribution < 1.29 is 19.4 Å². The molecule has 0 aromatic heterocycles.